The molecule has 0 aromatic heterocycles. The molecule has 0 bridgehead atoms. The fraction of sp³-hybridized carbons (Fsp3) is 0.250. The third-order valence-corrected chi connectivity index (χ3v) is 2.81. The summed E-state index contributed by atoms with van der Waals surface area (Å²) in [5, 5.41) is 0.361. The van der Waals surface area contributed by atoms with Gasteiger partial charge in [-0.3, -0.25) is 4.79 Å². The largest absolute Gasteiger partial charge is 0.298 e. The van der Waals surface area contributed by atoms with Gasteiger partial charge in [-0.05, 0) is 11.9 Å². The van der Waals surface area contributed by atoms with Gasteiger partial charge in [-0.2, -0.15) is 0 Å². The molecule has 0 saturated carbocycles. The molecule has 1 heterocycles. The number of nitrogens with zero attached hydrogens (tertiary/aromatic N) is 1. The van der Waals surface area contributed by atoms with E-state index in [9.17, 15) is 4.79 Å². The first kappa shape index (κ1) is 6.85. The van der Waals surface area contributed by atoms with Crippen LogP contribution in [0.15, 0.2) is 28.2 Å². The number of hydrogen-bond donors (Lipinski definition) is 0. The summed E-state index contributed by atoms with van der Waals surface area (Å²) in [5.41, 5.74) is 0.839. The lowest BCUT2D eigenvalue weighted by Gasteiger charge is -2.15. The Morgan fingerprint density at radius 3 is 3.36 bits per heavy atom. The second-order valence-corrected chi connectivity index (χ2v) is 3.49. The zero-order chi connectivity index (χ0) is 7.68. The molecule has 2 aliphatic rings. The number of fused-ring (bicyclic) bond motifs is 1. The molecule has 2 nitrogen and oxygen atoms in total. The van der Waals surface area contributed by atoms with Gasteiger partial charge in [0.25, 0.3) is 0 Å². The van der Waals surface area contributed by atoms with E-state index in [1.807, 2.05) is 18.4 Å². The van der Waals surface area contributed by atoms with Gasteiger partial charge in [0.15, 0.2) is 0 Å². The molecule has 11 heavy (non-hydrogen) atoms. The van der Waals surface area contributed by atoms with E-state index in [-0.39, 0.29) is 5.92 Å². The van der Waals surface area contributed by atoms with Crippen LogP contribution in [-0.2, 0) is 4.79 Å². The molecular formula is C8H7NOS. The Morgan fingerprint density at radius 2 is 2.55 bits per heavy atom. The summed E-state index contributed by atoms with van der Waals surface area (Å²) < 4.78 is 4.07. The summed E-state index contributed by atoms with van der Waals surface area (Å²) in [6, 6.07) is 0. The Bertz CT molecular complexity index is 267. The Labute approximate surface area is 69.2 Å². The predicted molar refractivity (Wildman–Crippen MR) is 46.6 cm³/mol. The van der Waals surface area contributed by atoms with E-state index in [2.05, 4.69) is 10.5 Å². The molecular weight excluding hydrogens is 158 g/mol. The van der Waals surface area contributed by atoms with E-state index < -0.39 is 0 Å². The van der Waals surface area contributed by atoms with Gasteiger partial charge in [0, 0.05) is 17.7 Å². The van der Waals surface area contributed by atoms with Crippen molar-refractivity contribution in [2.75, 3.05) is 0 Å². The monoisotopic (exact) mass is 165 g/mol. The van der Waals surface area contributed by atoms with E-state index in [0.717, 1.165) is 11.9 Å². The second-order valence-electron chi connectivity index (χ2n) is 2.52. The first-order valence-electron chi connectivity index (χ1n) is 3.44. The highest BCUT2D eigenvalue weighted by atomic mass is 32.2. The number of allylic oxidation sites excluding steroid dienone is 3. The Morgan fingerprint density at radius 1 is 1.64 bits per heavy atom. The minimum atomic E-state index is 0.225. The van der Waals surface area contributed by atoms with Crippen LogP contribution in [0.1, 0.15) is 0 Å². The highest BCUT2D eigenvalue weighted by molar-refractivity contribution is 7.99. The minimum absolute atomic E-state index is 0.225. The lowest BCUT2D eigenvalue weighted by molar-refractivity contribution is -0.105. The van der Waals surface area contributed by atoms with Crippen molar-refractivity contribution in [3.8, 4) is 0 Å². The third-order valence-electron chi connectivity index (χ3n) is 1.87. The Balaban J connectivity index is 2.32. The maximum atomic E-state index is 10.5. The Kier molecular flexibility index (Phi) is 1.66. The van der Waals surface area contributed by atoms with Crippen LogP contribution >= 0.6 is 11.9 Å². The van der Waals surface area contributed by atoms with Gasteiger partial charge in [-0.15, -0.1) is 0 Å². The summed E-state index contributed by atoms with van der Waals surface area (Å²) in [4.78, 5) is 10.5. The van der Waals surface area contributed by atoms with Crippen molar-refractivity contribution in [1.29, 1.82) is 0 Å². The zero-order valence-corrected chi connectivity index (χ0v) is 6.62. The molecule has 2 atom stereocenters. The van der Waals surface area contributed by atoms with Crippen molar-refractivity contribution < 1.29 is 4.79 Å². The SMILES string of the molecule is O=CC1=CC=CC2SN=CC12. The molecule has 2 unspecified atom stereocenters. The average molecular weight is 165 g/mol. The van der Waals surface area contributed by atoms with Crippen LogP contribution in [0.3, 0.4) is 0 Å². The van der Waals surface area contributed by atoms with Crippen LogP contribution in [-0.4, -0.2) is 17.8 Å². The van der Waals surface area contributed by atoms with E-state index in [1.165, 1.54) is 11.9 Å². The first-order valence-corrected chi connectivity index (χ1v) is 4.28. The number of carbonyl (C=O) groups is 1. The van der Waals surface area contributed by atoms with Gasteiger partial charge >= 0.3 is 0 Å². The molecule has 1 aliphatic carbocycles. The third kappa shape index (κ3) is 1.05. The van der Waals surface area contributed by atoms with Crippen LogP contribution in [0.5, 0.6) is 0 Å². The maximum Gasteiger partial charge on any atom is 0.146 e. The molecule has 0 fully saturated rings. The van der Waals surface area contributed by atoms with E-state index in [0.29, 0.717) is 5.25 Å². The maximum absolute atomic E-state index is 10.5. The summed E-state index contributed by atoms with van der Waals surface area (Å²) in [6.45, 7) is 0. The second kappa shape index (κ2) is 2.66. The van der Waals surface area contributed by atoms with Crippen molar-refractivity contribution in [3.05, 3.63) is 23.8 Å². The fourth-order valence-corrected chi connectivity index (χ4v) is 2.12. The van der Waals surface area contributed by atoms with E-state index in [4.69, 9.17) is 0 Å². The summed E-state index contributed by atoms with van der Waals surface area (Å²) in [6.07, 6.45) is 8.62. The Hall–Kier alpha value is -0.830. The topological polar surface area (TPSA) is 29.4 Å². The van der Waals surface area contributed by atoms with Crippen molar-refractivity contribution in [2.24, 2.45) is 10.3 Å². The van der Waals surface area contributed by atoms with Crippen LogP contribution < -0.4 is 0 Å². The van der Waals surface area contributed by atoms with Crippen LogP contribution in [0.2, 0.25) is 0 Å². The highest BCUT2D eigenvalue weighted by Gasteiger charge is 2.27. The van der Waals surface area contributed by atoms with Crippen molar-refractivity contribution >= 4 is 24.4 Å². The molecule has 0 saturated heterocycles. The highest BCUT2D eigenvalue weighted by Crippen LogP contribution is 2.33. The zero-order valence-electron chi connectivity index (χ0n) is 5.81. The summed E-state index contributed by atoms with van der Waals surface area (Å²) >= 11 is 1.53. The van der Waals surface area contributed by atoms with Crippen LogP contribution in [0.25, 0.3) is 0 Å². The standard InChI is InChI=1S/C8H7NOS/c10-5-6-2-1-3-8-7(6)4-9-11-8/h1-5,7-8H. The fourth-order valence-electron chi connectivity index (χ4n) is 1.26. The average Bonchev–Trinajstić information content (AvgIpc) is 2.50. The molecule has 0 aromatic rings. The molecule has 0 radical (unpaired) electrons. The van der Waals surface area contributed by atoms with Crippen LogP contribution in [0, 0.1) is 5.92 Å². The molecule has 0 N–H and O–H groups in total. The normalized spacial score (nSPS) is 33.3. The van der Waals surface area contributed by atoms with Gasteiger partial charge in [-0.25, -0.2) is 4.40 Å². The van der Waals surface area contributed by atoms with Crippen molar-refractivity contribution in [1.82, 2.24) is 0 Å². The predicted octanol–water partition coefficient (Wildman–Crippen LogP) is 1.40. The van der Waals surface area contributed by atoms with E-state index >= 15 is 0 Å². The van der Waals surface area contributed by atoms with Gasteiger partial charge in [0.2, 0.25) is 0 Å². The molecule has 2 rings (SSSR count). The smallest absolute Gasteiger partial charge is 0.146 e. The molecule has 0 spiro atoms. The van der Waals surface area contributed by atoms with Crippen LogP contribution in [0.4, 0.5) is 0 Å². The number of hydrogen-bond acceptors (Lipinski definition) is 3. The van der Waals surface area contributed by atoms with E-state index in [1.54, 1.807) is 0 Å². The summed E-state index contributed by atoms with van der Waals surface area (Å²) in [5.74, 6) is 0.225. The lowest BCUT2D eigenvalue weighted by atomic mass is 9.93. The van der Waals surface area contributed by atoms with Gasteiger partial charge < -0.3 is 0 Å². The molecule has 56 valence electrons. The molecule has 0 aromatic carbocycles. The number of rotatable bonds is 1. The molecule has 3 heteroatoms. The number of aldehydes is 1. The van der Waals surface area contributed by atoms with Crippen molar-refractivity contribution in [3.63, 3.8) is 0 Å². The van der Waals surface area contributed by atoms with Gasteiger partial charge in [-0.1, -0.05) is 18.2 Å². The van der Waals surface area contributed by atoms with Gasteiger partial charge in [0.1, 0.15) is 6.29 Å². The molecule has 1 aliphatic heterocycles. The minimum Gasteiger partial charge on any atom is -0.298 e. The first-order chi connectivity index (χ1) is 5.42. The lowest BCUT2D eigenvalue weighted by Crippen LogP contribution is -2.17. The van der Waals surface area contributed by atoms with Crippen molar-refractivity contribution in [2.45, 2.75) is 5.25 Å². The summed E-state index contributed by atoms with van der Waals surface area (Å²) in [7, 11) is 0. The quantitative estimate of drug-likeness (QED) is 0.434. The van der Waals surface area contributed by atoms with Gasteiger partial charge in [0.05, 0.1) is 5.25 Å². The number of carbonyl (C=O) groups excluding carboxylic acids is 1. The molecule has 0 amide bonds.